The monoisotopic (exact) mass is 282 g/mol. The summed E-state index contributed by atoms with van der Waals surface area (Å²) >= 11 is 0. The molecule has 2 N–H and O–H groups in total. The maximum Gasteiger partial charge on any atom is 0.320 e. The fourth-order valence-corrected chi connectivity index (χ4v) is 3.16. The average Bonchev–Trinajstić information content (AvgIpc) is 2.47. The van der Waals surface area contributed by atoms with Crippen LogP contribution >= 0.6 is 0 Å². The van der Waals surface area contributed by atoms with Crippen molar-refractivity contribution < 1.29 is 8.85 Å². The number of rotatable bonds is 11. The van der Waals surface area contributed by atoms with Crippen molar-refractivity contribution in [3.05, 3.63) is 30.3 Å². The number of para-hydroxylation sites is 1. The van der Waals surface area contributed by atoms with Crippen LogP contribution in [0.1, 0.15) is 12.8 Å². The van der Waals surface area contributed by atoms with E-state index in [0.717, 1.165) is 25.7 Å². The lowest BCUT2D eigenvalue weighted by molar-refractivity contribution is 0.276. The van der Waals surface area contributed by atoms with Gasteiger partial charge in [-0.05, 0) is 31.1 Å². The van der Waals surface area contributed by atoms with Crippen LogP contribution in [0.3, 0.4) is 0 Å². The van der Waals surface area contributed by atoms with Gasteiger partial charge in [-0.1, -0.05) is 24.6 Å². The van der Waals surface area contributed by atoms with E-state index in [4.69, 9.17) is 8.85 Å². The van der Waals surface area contributed by atoms with Crippen LogP contribution in [-0.2, 0) is 8.85 Å². The van der Waals surface area contributed by atoms with Crippen LogP contribution in [-0.4, -0.2) is 43.1 Å². The van der Waals surface area contributed by atoms with Crippen molar-refractivity contribution in [1.29, 1.82) is 0 Å². The first kappa shape index (κ1) is 16.2. The van der Waals surface area contributed by atoms with E-state index in [2.05, 4.69) is 22.8 Å². The van der Waals surface area contributed by atoms with E-state index >= 15 is 0 Å². The predicted molar refractivity (Wildman–Crippen MR) is 83.0 cm³/mol. The molecule has 0 fully saturated rings. The van der Waals surface area contributed by atoms with Gasteiger partial charge in [0.1, 0.15) is 0 Å². The minimum Gasteiger partial charge on any atom is -0.400 e. The summed E-state index contributed by atoms with van der Waals surface area (Å²) < 4.78 is 10.6. The lowest BCUT2D eigenvalue weighted by atomic mass is 10.3. The number of unbranched alkanes of at least 4 members (excludes halogenated alkanes) is 1. The van der Waals surface area contributed by atoms with E-state index in [1.165, 1.54) is 18.5 Å². The quantitative estimate of drug-likeness (QED) is 0.481. The Balaban J connectivity index is 1.89. The number of hydrogen-bond acceptors (Lipinski definition) is 4. The standard InChI is InChI=1S/C14H26N2O2Si/c1-17-19(18-2)13-7-6-10-15-11-12-16-14-8-4-3-5-9-14/h3-5,8-9,15-16,19H,6-7,10-13H2,1-2H3. The molecular weight excluding hydrogens is 256 g/mol. The van der Waals surface area contributed by atoms with Crippen molar-refractivity contribution >= 4 is 15.0 Å². The van der Waals surface area contributed by atoms with Crippen LogP contribution in [0.4, 0.5) is 5.69 Å². The third-order valence-corrected chi connectivity index (χ3v) is 4.91. The average molecular weight is 282 g/mol. The first-order valence-electron chi connectivity index (χ1n) is 6.92. The maximum atomic E-state index is 5.28. The highest BCUT2D eigenvalue weighted by Gasteiger charge is 2.07. The Bertz CT molecular complexity index is 308. The summed E-state index contributed by atoms with van der Waals surface area (Å²) in [7, 11) is 2.15. The second kappa shape index (κ2) is 11.0. The second-order valence-electron chi connectivity index (χ2n) is 4.44. The van der Waals surface area contributed by atoms with E-state index in [-0.39, 0.29) is 0 Å². The van der Waals surface area contributed by atoms with Crippen LogP contribution in [0.25, 0.3) is 0 Å². The molecule has 0 aromatic heterocycles. The molecule has 19 heavy (non-hydrogen) atoms. The number of hydrogen-bond donors (Lipinski definition) is 2. The van der Waals surface area contributed by atoms with E-state index in [1.807, 2.05) is 18.2 Å². The molecular formula is C14H26N2O2Si. The summed E-state index contributed by atoms with van der Waals surface area (Å²) in [4.78, 5) is 0. The number of benzene rings is 1. The molecule has 0 heterocycles. The second-order valence-corrected chi connectivity index (χ2v) is 6.82. The number of nitrogens with one attached hydrogen (secondary N) is 2. The first-order valence-corrected chi connectivity index (χ1v) is 8.68. The van der Waals surface area contributed by atoms with Gasteiger partial charge in [0.15, 0.2) is 0 Å². The van der Waals surface area contributed by atoms with Crippen molar-refractivity contribution in [3.63, 3.8) is 0 Å². The van der Waals surface area contributed by atoms with Crippen molar-refractivity contribution in [2.75, 3.05) is 39.2 Å². The Kier molecular flexibility index (Phi) is 9.35. The highest BCUT2D eigenvalue weighted by atomic mass is 28.3. The summed E-state index contributed by atoms with van der Waals surface area (Å²) in [5.74, 6) is 0. The highest BCUT2D eigenvalue weighted by Crippen LogP contribution is 2.03. The molecule has 1 aromatic rings. The summed E-state index contributed by atoms with van der Waals surface area (Å²) in [6.45, 7) is 3.01. The van der Waals surface area contributed by atoms with E-state index < -0.39 is 9.28 Å². The first-order chi connectivity index (χ1) is 9.36. The Morgan fingerprint density at radius 2 is 1.68 bits per heavy atom. The third-order valence-electron chi connectivity index (χ3n) is 2.97. The summed E-state index contributed by atoms with van der Waals surface area (Å²) in [5, 5.41) is 6.81. The van der Waals surface area contributed by atoms with Gasteiger partial charge >= 0.3 is 9.28 Å². The predicted octanol–water partition coefficient (Wildman–Crippen LogP) is 1.98. The Labute approximate surface area is 118 Å². The normalized spacial score (nSPS) is 10.9. The molecule has 5 heteroatoms. The molecule has 1 rings (SSSR count). The zero-order valence-corrected chi connectivity index (χ0v) is 13.2. The molecule has 0 aliphatic heterocycles. The summed E-state index contributed by atoms with van der Waals surface area (Å²) in [5.41, 5.74) is 1.18. The van der Waals surface area contributed by atoms with Crippen molar-refractivity contribution in [2.24, 2.45) is 0 Å². The van der Waals surface area contributed by atoms with Crippen LogP contribution < -0.4 is 10.6 Å². The zero-order valence-electron chi connectivity index (χ0n) is 12.0. The molecule has 0 aliphatic carbocycles. The zero-order chi connectivity index (χ0) is 13.8. The smallest absolute Gasteiger partial charge is 0.320 e. The SMILES string of the molecule is CO[SiH](CCCCNCCNc1ccccc1)OC. The molecule has 1 aromatic carbocycles. The van der Waals surface area contributed by atoms with Gasteiger partial charge in [-0.3, -0.25) is 0 Å². The fourth-order valence-electron chi connectivity index (χ4n) is 1.87. The molecule has 4 nitrogen and oxygen atoms in total. The topological polar surface area (TPSA) is 42.5 Å². The Morgan fingerprint density at radius 3 is 2.37 bits per heavy atom. The van der Waals surface area contributed by atoms with Gasteiger partial charge in [-0.2, -0.15) is 0 Å². The van der Waals surface area contributed by atoms with Crippen LogP contribution in [0.5, 0.6) is 0 Å². The van der Waals surface area contributed by atoms with E-state index in [9.17, 15) is 0 Å². The van der Waals surface area contributed by atoms with Crippen LogP contribution in [0, 0.1) is 0 Å². The maximum absolute atomic E-state index is 5.28. The van der Waals surface area contributed by atoms with Gasteiger partial charge in [0.2, 0.25) is 0 Å². The number of anilines is 1. The van der Waals surface area contributed by atoms with Crippen molar-refractivity contribution in [2.45, 2.75) is 18.9 Å². The van der Waals surface area contributed by atoms with Crippen molar-refractivity contribution in [1.82, 2.24) is 5.32 Å². The van der Waals surface area contributed by atoms with Gasteiger partial charge in [0, 0.05) is 33.0 Å². The Morgan fingerprint density at radius 1 is 0.947 bits per heavy atom. The molecule has 108 valence electrons. The molecule has 0 saturated heterocycles. The minimum absolute atomic E-state index is 0.956. The van der Waals surface area contributed by atoms with Gasteiger partial charge in [-0.25, -0.2) is 0 Å². The van der Waals surface area contributed by atoms with Gasteiger partial charge in [-0.15, -0.1) is 0 Å². The molecule has 0 atom stereocenters. The molecule has 0 radical (unpaired) electrons. The largest absolute Gasteiger partial charge is 0.400 e. The lowest BCUT2D eigenvalue weighted by Gasteiger charge is -2.11. The molecule has 0 spiro atoms. The summed E-state index contributed by atoms with van der Waals surface area (Å²) in [6, 6.07) is 11.4. The highest BCUT2D eigenvalue weighted by molar-refractivity contribution is 6.44. The summed E-state index contributed by atoms with van der Waals surface area (Å²) in [6.07, 6.45) is 2.36. The molecule has 0 saturated carbocycles. The third kappa shape index (κ3) is 8.00. The molecule has 0 bridgehead atoms. The van der Waals surface area contributed by atoms with E-state index in [0.29, 0.717) is 0 Å². The minimum atomic E-state index is -1.34. The van der Waals surface area contributed by atoms with Crippen LogP contribution in [0.2, 0.25) is 6.04 Å². The lowest BCUT2D eigenvalue weighted by Crippen LogP contribution is -2.24. The molecule has 0 unspecified atom stereocenters. The van der Waals surface area contributed by atoms with Crippen LogP contribution in [0.15, 0.2) is 30.3 Å². The van der Waals surface area contributed by atoms with E-state index in [1.54, 1.807) is 14.2 Å². The van der Waals surface area contributed by atoms with Gasteiger partial charge in [0.05, 0.1) is 0 Å². The van der Waals surface area contributed by atoms with Gasteiger partial charge in [0.25, 0.3) is 0 Å². The molecule has 0 aliphatic rings. The molecule has 0 amide bonds. The Hall–Kier alpha value is -0.883. The van der Waals surface area contributed by atoms with Crippen molar-refractivity contribution in [3.8, 4) is 0 Å². The fraction of sp³-hybridized carbons (Fsp3) is 0.571. The van der Waals surface area contributed by atoms with Gasteiger partial charge < -0.3 is 19.5 Å².